The normalized spacial score (nSPS) is 14.9. The van der Waals surface area contributed by atoms with Crippen molar-refractivity contribution < 1.29 is 19.0 Å². The lowest BCUT2D eigenvalue weighted by Crippen LogP contribution is -2.29. The number of hydrogen-bond acceptors (Lipinski definition) is 8. The van der Waals surface area contributed by atoms with E-state index in [9.17, 15) is 4.79 Å². The van der Waals surface area contributed by atoms with E-state index >= 15 is 0 Å². The number of ether oxygens (including phenoxy) is 3. The highest BCUT2D eigenvalue weighted by Gasteiger charge is 2.35. The fourth-order valence-electron chi connectivity index (χ4n) is 3.82. The third kappa shape index (κ3) is 4.89. The first-order valence-electron chi connectivity index (χ1n) is 11.1. The Balaban J connectivity index is 1.74. The van der Waals surface area contributed by atoms with Crippen molar-refractivity contribution in [3.8, 4) is 11.5 Å². The van der Waals surface area contributed by atoms with Crippen molar-refractivity contribution in [1.82, 2.24) is 14.8 Å². The summed E-state index contributed by atoms with van der Waals surface area (Å²) >= 11 is 1.54. The van der Waals surface area contributed by atoms with Gasteiger partial charge in [0.1, 0.15) is 12.6 Å². The molecular weight excluding hydrogens is 452 g/mol. The number of aromatic nitrogens is 3. The lowest BCUT2D eigenvalue weighted by Gasteiger charge is -2.28. The van der Waals surface area contributed by atoms with Gasteiger partial charge in [-0.15, -0.1) is 5.10 Å². The van der Waals surface area contributed by atoms with Crippen LogP contribution in [0, 0.1) is 0 Å². The Morgan fingerprint density at radius 2 is 1.91 bits per heavy atom. The van der Waals surface area contributed by atoms with Gasteiger partial charge in [0, 0.05) is 5.70 Å². The van der Waals surface area contributed by atoms with E-state index in [0.717, 1.165) is 16.9 Å². The summed E-state index contributed by atoms with van der Waals surface area (Å²) in [5, 5.41) is 8.50. The van der Waals surface area contributed by atoms with Crippen LogP contribution >= 0.6 is 11.8 Å². The Morgan fingerprint density at radius 1 is 1.12 bits per heavy atom. The van der Waals surface area contributed by atoms with Crippen molar-refractivity contribution in [3.63, 3.8) is 0 Å². The maximum absolute atomic E-state index is 12.8. The standard InChI is InChI=1S/C25H28N4O4S/c1-5-32-20-14-18(12-13-19(20)33-15-17-10-8-7-9-11-17)22-21(23(30)31-4)16(3)26-24-27-25(34-6-2)28-29(22)24/h7-14,22H,5-6,15H2,1-4H3,(H,26,27,28). The van der Waals surface area contributed by atoms with E-state index in [2.05, 4.69) is 15.4 Å². The van der Waals surface area contributed by atoms with Crippen LogP contribution in [0.2, 0.25) is 0 Å². The summed E-state index contributed by atoms with van der Waals surface area (Å²) in [5.41, 5.74) is 3.02. The average molecular weight is 481 g/mol. The minimum absolute atomic E-state index is 0.421. The molecule has 1 aliphatic heterocycles. The molecule has 1 aliphatic rings. The molecule has 2 aromatic carbocycles. The van der Waals surface area contributed by atoms with Crippen LogP contribution in [0.15, 0.2) is 65.0 Å². The predicted molar refractivity (Wildman–Crippen MR) is 131 cm³/mol. The fourth-order valence-corrected chi connectivity index (χ4v) is 4.38. The number of allylic oxidation sites excluding steroid dienone is 1. The molecule has 0 saturated heterocycles. The summed E-state index contributed by atoms with van der Waals surface area (Å²) in [6.45, 7) is 6.70. The number of fused-ring (bicyclic) bond motifs is 1. The van der Waals surface area contributed by atoms with E-state index in [4.69, 9.17) is 14.2 Å². The second kappa shape index (κ2) is 10.6. The van der Waals surface area contributed by atoms with Crippen LogP contribution in [-0.4, -0.2) is 40.2 Å². The second-order valence-electron chi connectivity index (χ2n) is 7.57. The van der Waals surface area contributed by atoms with Gasteiger partial charge in [0.2, 0.25) is 11.1 Å². The third-order valence-electron chi connectivity index (χ3n) is 5.33. The molecule has 0 amide bonds. The van der Waals surface area contributed by atoms with Gasteiger partial charge in [-0.1, -0.05) is 55.1 Å². The van der Waals surface area contributed by atoms with Crippen LogP contribution in [-0.2, 0) is 16.1 Å². The molecule has 1 aromatic heterocycles. The van der Waals surface area contributed by atoms with E-state index in [1.165, 1.54) is 18.9 Å². The average Bonchev–Trinajstić information content (AvgIpc) is 3.24. The largest absolute Gasteiger partial charge is 0.490 e. The summed E-state index contributed by atoms with van der Waals surface area (Å²) in [7, 11) is 1.38. The predicted octanol–water partition coefficient (Wildman–Crippen LogP) is 4.83. The molecule has 1 atom stereocenters. The maximum Gasteiger partial charge on any atom is 0.338 e. The molecular formula is C25H28N4O4S. The van der Waals surface area contributed by atoms with E-state index < -0.39 is 12.0 Å². The molecule has 0 radical (unpaired) electrons. The molecule has 8 nitrogen and oxygen atoms in total. The lowest BCUT2D eigenvalue weighted by atomic mass is 9.95. The highest BCUT2D eigenvalue weighted by Crippen LogP contribution is 2.40. The number of methoxy groups -OCH3 is 1. The van der Waals surface area contributed by atoms with Gasteiger partial charge in [0.15, 0.2) is 11.5 Å². The van der Waals surface area contributed by atoms with Crippen molar-refractivity contribution in [3.05, 3.63) is 70.9 Å². The molecule has 178 valence electrons. The highest BCUT2D eigenvalue weighted by atomic mass is 32.2. The molecule has 4 rings (SSSR count). The first-order chi connectivity index (χ1) is 16.5. The summed E-state index contributed by atoms with van der Waals surface area (Å²) in [6.07, 6.45) is 0. The molecule has 0 fully saturated rings. The molecule has 3 aromatic rings. The van der Waals surface area contributed by atoms with E-state index in [1.54, 1.807) is 4.68 Å². The second-order valence-corrected chi connectivity index (χ2v) is 8.80. The number of nitrogens with one attached hydrogen (secondary N) is 1. The first-order valence-corrected chi connectivity index (χ1v) is 12.1. The van der Waals surface area contributed by atoms with E-state index in [1.807, 2.05) is 69.3 Å². The molecule has 0 spiro atoms. The molecule has 0 aliphatic carbocycles. The minimum Gasteiger partial charge on any atom is -0.490 e. The van der Waals surface area contributed by atoms with Gasteiger partial charge in [-0.25, -0.2) is 9.48 Å². The Bertz CT molecular complexity index is 1190. The maximum atomic E-state index is 12.8. The zero-order chi connectivity index (χ0) is 24.1. The molecule has 34 heavy (non-hydrogen) atoms. The molecule has 1 unspecified atom stereocenters. The number of nitrogens with zero attached hydrogens (tertiary/aromatic N) is 3. The van der Waals surface area contributed by atoms with Gasteiger partial charge in [0.05, 0.1) is 19.3 Å². The van der Waals surface area contributed by atoms with Crippen LogP contribution < -0.4 is 14.8 Å². The summed E-state index contributed by atoms with van der Waals surface area (Å²) in [6, 6.07) is 15.1. The molecule has 9 heteroatoms. The molecule has 1 N–H and O–H groups in total. The quantitative estimate of drug-likeness (QED) is 0.344. The number of rotatable bonds is 9. The number of hydrogen-bond donors (Lipinski definition) is 1. The number of anilines is 1. The third-order valence-corrected chi connectivity index (χ3v) is 6.05. The van der Waals surface area contributed by atoms with Gasteiger partial charge in [-0.2, -0.15) is 4.98 Å². The smallest absolute Gasteiger partial charge is 0.338 e. The lowest BCUT2D eigenvalue weighted by molar-refractivity contribution is -0.136. The Morgan fingerprint density at radius 3 is 2.62 bits per heavy atom. The van der Waals surface area contributed by atoms with Crippen molar-refractivity contribution >= 4 is 23.7 Å². The first kappa shape index (κ1) is 23.7. The van der Waals surface area contributed by atoms with Crippen molar-refractivity contribution in [2.24, 2.45) is 0 Å². The Kier molecular flexibility index (Phi) is 7.42. The zero-order valence-electron chi connectivity index (χ0n) is 19.7. The number of esters is 1. The van der Waals surface area contributed by atoms with Crippen LogP contribution in [0.4, 0.5) is 5.95 Å². The van der Waals surface area contributed by atoms with E-state index in [-0.39, 0.29) is 0 Å². The van der Waals surface area contributed by atoms with Crippen molar-refractivity contribution in [1.29, 1.82) is 0 Å². The Hall–Kier alpha value is -3.46. The topological polar surface area (TPSA) is 87.5 Å². The zero-order valence-corrected chi connectivity index (χ0v) is 20.5. The molecule has 2 heterocycles. The summed E-state index contributed by atoms with van der Waals surface area (Å²) < 4.78 is 18.8. The van der Waals surface area contributed by atoms with Crippen LogP contribution in [0.1, 0.15) is 37.9 Å². The number of benzene rings is 2. The van der Waals surface area contributed by atoms with Crippen LogP contribution in [0.5, 0.6) is 11.5 Å². The number of carbonyl (C=O) groups excluding carboxylic acids is 1. The van der Waals surface area contributed by atoms with E-state index in [0.29, 0.717) is 47.1 Å². The highest BCUT2D eigenvalue weighted by molar-refractivity contribution is 7.99. The van der Waals surface area contributed by atoms with Gasteiger partial charge < -0.3 is 19.5 Å². The fraction of sp³-hybridized carbons (Fsp3) is 0.320. The van der Waals surface area contributed by atoms with Crippen molar-refractivity contribution in [2.75, 3.05) is 24.8 Å². The van der Waals surface area contributed by atoms with Gasteiger partial charge in [-0.3, -0.25) is 0 Å². The minimum atomic E-state index is -0.523. The van der Waals surface area contributed by atoms with Crippen LogP contribution in [0.25, 0.3) is 0 Å². The monoisotopic (exact) mass is 480 g/mol. The molecule has 0 saturated carbocycles. The number of thioether (sulfide) groups is 1. The Labute approximate surface area is 203 Å². The van der Waals surface area contributed by atoms with Crippen LogP contribution in [0.3, 0.4) is 0 Å². The van der Waals surface area contributed by atoms with Gasteiger partial charge in [0.25, 0.3) is 0 Å². The van der Waals surface area contributed by atoms with Gasteiger partial charge in [-0.05, 0) is 42.9 Å². The molecule has 0 bridgehead atoms. The number of carbonyl (C=O) groups is 1. The summed E-state index contributed by atoms with van der Waals surface area (Å²) in [5.74, 6) is 2.22. The SMILES string of the molecule is CCOc1cc(C2C(C(=O)OC)=C(C)Nc3nc(SCC)nn32)ccc1OCc1ccccc1. The van der Waals surface area contributed by atoms with Gasteiger partial charge >= 0.3 is 5.97 Å². The van der Waals surface area contributed by atoms with Crippen molar-refractivity contribution in [2.45, 2.75) is 38.6 Å². The summed E-state index contributed by atoms with van der Waals surface area (Å²) in [4.78, 5) is 17.4.